The van der Waals surface area contributed by atoms with Crippen LogP contribution in [-0.4, -0.2) is 0 Å². The molecule has 0 unspecified atom stereocenters. The van der Waals surface area contributed by atoms with Gasteiger partial charge >= 0.3 is 0 Å². The van der Waals surface area contributed by atoms with Crippen molar-refractivity contribution in [2.75, 3.05) is 0 Å². The number of rotatable bonds is 8. The number of fused-ring (bicyclic) bond motifs is 3. The fourth-order valence-electron chi connectivity index (χ4n) is 4.88. The molecule has 0 aliphatic carbocycles. The first-order valence-corrected chi connectivity index (χ1v) is 16.0. The van der Waals surface area contributed by atoms with Crippen LogP contribution >= 0.6 is 16.3 Å². The van der Waals surface area contributed by atoms with E-state index in [2.05, 4.69) is 103 Å². The number of furan rings is 1. The summed E-state index contributed by atoms with van der Waals surface area (Å²) >= 11 is 0. The maximum absolute atomic E-state index is 7.16. The fraction of sp³-hybridized carbons (Fsp3) is 0. The van der Waals surface area contributed by atoms with Gasteiger partial charge in [0.25, 0.3) is 0 Å². The second-order valence-corrected chi connectivity index (χ2v) is 13.1. The van der Waals surface area contributed by atoms with Crippen LogP contribution in [0.25, 0.3) is 21.9 Å². The highest BCUT2D eigenvalue weighted by molar-refractivity contribution is 7.69. The monoisotopic (exact) mass is 568 g/mol. The van der Waals surface area contributed by atoms with Crippen molar-refractivity contribution in [1.82, 2.24) is 0 Å². The summed E-state index contributed by atoms with van der Waals surface area (Å²) in [5, 5.41) is 6.43. The van der Waals surface area contributed by atoms with Gasteiger partial charge in [-0.25, -0.2) is 0 Å². The molecule has 0 fully saturated rings. The molecule has 5 heteroatoms. The van der Waals surface area contributed by atoms with E-state index >= 15 is 0 Å². The summed E-state index contributed by atoms with van der Waals surface area (Å²) in [6, 6.07) is 53.8. The first kappa shape index (κ1) is 25.5. The van der Waals surface area contributed by atoms with Crippen molar-refractivity contribution in [2.45, 2.75) is 0 Å². The van der Waals surface area contributed by atoms with Crippen LogP contribution < -0.4 is 30.3 Å². The Bertz CT molecular complexity index is 1810. The van der Waals surface area contributed by atoms with E-state index in [1.165, 1.54) is 0 Å². The van der Waals surface area contributed by atoms with Crippen LogP contribution in [0.2, 0.25) is 0 Å². The molecule has 7 rings (SSSR count). The molecular weight excluding hydrogens is 542 g/mol. The number of hydrogen-bond donors (Lipinski definition) is 0. The maximum Gasteiger partial charge on any atom is 0.178 e. The highest BCUT2D eigenvalue weighted by Gasteiger charge is 2.26. The molecule has 41 heavy (non-hydrogen) atoms. The Hall–Kier alpha value is -4.42. The quantitative estimate of drug-likeness (QED) is 0.173. The fourth-order valence-corrected chi connectivity index (χ4v) is 8.37. The molecule has 0 saturated carbocycles. The molecular formula is C36H26O3P2. The molecule has 0 spiro atoms. The Morgan fingerprint density at radius 1 is 0.390 bits per heavy atom. The topological polar surface area (TPSA) is 31.6 Å². The predicted molar refractivity (Wildman–Crippen MR) is 173 cm³/mol. The number of hydrogen-bond acceptors (Lipinski definition) is 3. The summed E-state index contributed by atoms with van der Waals surface area (Å²) in [5.41, 5.74) is 1.59. The zero-order valence-corrected chi connectivity index (χ0v) is 23.9. The minimum absolute atomic E-state index is 0.697. The molecule has 1 heterocycles. The molecule has 3 nitrogen and oxygen atoms in total. The van der Waals surface area contributed by atoms with Crippen LogP contribution in [0.4, 0.5) is 0 Å². The zero-order chi connectivity index (χ0) is 27.4. The molecule has 0 N–H and O–H groups in total. The third-order valence-corrected chi connectivity index (χ3v) is 10.6. The largest absolute Gasteiger partial charge is 0.461 e. The van der Waals surface area contributed by atoms with Crippen molar-refractivity contribution in [3.8, 4) is 11.5 Å². The Morgan fingerprint density at radius 3 is 1.34 bits per heavy atom. The van der Waals surface area contributed by atoms with E-state index in [1.807, 2.05) is 54.6 Å². The lowest BCUT2D eigenvalue weighted by atomic mass is 10.1. The highest BCUT2D eigenvalue weighted by Crippen LogP contribution is 2.51. The zero-order valence-electron chi connectivity index (χ0n) is 22.1. The van der Waals surface area contributed by atoms with E-state index in [1.54, 1.807) is 0 Å². The van der Waals surface area contributed by atoms with Gasteiger partial charge in [-0.15, -0.1) is 0 Å². The predicted octanol–water partition coefficient (Wildman–Crippen LogP) is 8.44. The SMILES string of the molecule is c1ccc(P(Oc2ccc3oc4ccccc4c3c2OP(c2ccccc2)c2ccccc2)c2ccccc2)cc1. The molecule has 0 bridgehead atoms. The first-order valence-electron chi connectivity index (χ1n) is 13.5. The van der Waals surface area contributed by atoms with Gasteiger partial charge in [-0.05, 0) is 18.2 Å². The van der Waals surface area contributed by atoms with E-state index < -0.39 is 16.3 Å². The van der Waals surface area contributed by atoms with Crippen molar-refractivity contribution >= 4 is 59.5 Å². The van der Waals surface area contributed by atoms with Gasteiger partial charge in [-0.2, -0.15) is 0 Å². The number of benzene rings is 6. The molecule has 0 saturated heterocycles. The molecule has 198 valence electrons. The van der Waals surface area contributed by atoms with Crippen molar-refractivity contribution in [1.29, 1.82) is 0 Å². The van der Waals surface area contributed by atoms with Crippen molar-refractivity contribution in [3.05, 3.63) is 158 Å². The average molecular weight is 569 g/mol. The second kappa shape index (κ2) is 11.6. The van der Waals surface area contributed by atoms with Crippen LogP contribution in [0, 0.1) is 0 Å². The summed E-state index contributed by atoms with van der Waals surface area (Å²) in [6.45, 7) is 0. The normalized spacial score (nSPS) is 11.4. The third kappa shape index (κ3) is 5.23. The maximum atomic E-state index is 7.16. The van der Waals surface area contributed by atoms with Gasteiger partial charge in [0, 0.05) is 26.6 Å². The molecule has 0 aliphatic rings. The summed E-state index contributed by atoms with van der Waals surface area (Å²) in [6.07, 6.45) is 0. The van der Waals surface area contributed by atoms with Gasteiger partial charge in [-0.1, -0.05) is 140 Å². The first-order chi connectivity index (χ1) is 20.3. The lowest BCUT2D eigenvalue weighted by Gasteiger charge is -2.24. The van der Waals surface area contributed by atoms with Gasteiger partial charge in [0.05, 0.1) is 5.39 Å². The Balaban J connectivity index is 1.43. The molecule has 0 aliphatic heterocycles. The molecule has 0 radical (unpaired) electrons. The van der Waals surface area contributed by atoms with Crippen LogP contribution in [-0.2, 0) is 0 Å². The Labute approximate surface area is 241 Å². The van der Waals surface area contributed by atoms with Crippen LogP contribution in [0.15, 0.2) is 162 Å². The second-order valence-electron chi connectivity index (χ2n) is 9.48. The molecule has 1 aromatic heterocycles. The lowest BCUT2D eigenvalue weighted by molar-refractivity contribution is 0.559. The van der Waals surface area contributed by atoms with Crippen molar-refractivity contribution in [3.63, 3.8) is 0 Å². The van der Waals surface area contributed by atoms with Crippen LogP contribution in [0.1, 0.15) is 0 Å². The number of para-hydroxylation sites is 1. The van der Waals surface area contributed by atoms with E-state index in [0.29, 0.717) is 11.5 Å². The summed E-state index contributed by atoms with van der Waals surface area (Å²) in [7, 11) is -2.37. The van der Waals surface area contributed by atoms with E-state index in [4.69, 9.17) is 13.5 Å². The highest BCUT2D eigenvalue weighted by atomic mass is 31.1. The minimum atomic E-state index is -1.20. The van der Waals surface area contributed by atoms with Gasteiger partial charge in [0.15, 0.2) is 27.8 Å². The van der Waals surface area contributed by atoms with E-state index in [-0.39, 0.29) is 0 Å². The Morgan fingerprint density at radius 2 is 0.829 bits per heavy atom. The van der Waals surface area contributed by atoms with Crippen molar-refractivity contribution in [2.24, 2.45) is 0 Å². The summed E-state index contributed by atoms with van der Waals surface area (Å²) < 4.78 is 20.5. The average Bonchev–Trinajstić information content (AvgIpc) is 3.43. The van der Waals surface area contributed by atoms with Gasteiger partial charge in [0.1, 0.15) is 11.2 Å². The van der Waals surface area contributed by atoms with Crippen LogP contribution in [0.5, 0.6) is 11.5 Å². The van der Waals surface area contributed by atoms with Crippen molar-refractivity contribution < 1.29 is 13.5 Å². The minimum Gasteiger partial charge on any atom is -0.461 e. The lowest BCUT2D eigenvalue weighted by Crippen LogP contribution is -2.17. The Kier molecular flexibility index (Phi) is 7.22. The molecule has 7 aromatic rings. The van der Waals surface area contributed by atoms with E-state index in [0.717, 1.165) is 43.2 Å². The summed E-state index contributed by atoms with van der Waals surface area (Å²) in [4.78, 5) is 0. The molecule has 0 amide bonds. The smallest absolute Gasteiger partial charge is 0.178 e. The van der Waals surface area contributed by atoms with Gasteiger partial charge in [-0.3, -0.25) is 0 Å². The standard InChI is InChI=1S/C36H26O3P2/c1-5-15-27(16-6-1)40(28-17-7-2-8-18-28)38-34-26-25-33-35(31-23-13-14-24-32(31)37-33)36(34)39-41(29-19-9-3-10-20-29)30-21-11-4-12-22-30/h1-26H. The van der Waals surface area contributed by atoms with E-state index in [9.17, 15) is 0 Å². The molecule has 6 aromatic carbocycles. The summed E-state index contributed by atoms with van der Waals surface area (Å²) in [5.74, 6) is 1.40. The van der Waals surface area contributed by atoms with Gasteiger partial charge < -0.3 is 13.5 Å². The van der Waals surface area contributed by atoms with Crippen LogP contribution in [0.3, 0.4) is 0 Å². The van der Waals surface area contributed by atoms with Gasteiger partial charge in [0.2, 0.25) is 0 Å². The third-order valence-electron chi connectivity index (χ3n) is 6.79. The molecule has 0 atom stereocenters.